The summed E-state index contributed by atoms with van der Waals surface area (Å²) in [6.07, 6.45) is -1.90. The van der Waals surface area contributed by atoms with Gasteiger partial charge in [-0.15, -0.1) is 0 Å². The first-order chi connectivity index (χ1) is 20.3. The predicted molar refractivity (Wildman–Crippen MR) is 165 cm³/mol. The molecule has 4 atom stereocenters. The monoisotopic (exact) mass is 673 g/mol. The summed E-state index contributed by atoms with van der Waals surface area (Å²) in [5.41, 5.74) is 0.844. The highest BCUT2D eigenvalue weighted by molar-refractivity contribution is 8.14. The molecule has 0 unspecified atom stereocenters. The molecule has 0 radical (unpaired) electrons. The van der Waals surface area contributed by atoms with Crippen molar-refractivity contribution in [1.82, 2.24) is 14.6 Å². The Labute approximate surface area is 265 Å². The molecule has 0 saturated carbocycles. The molecule has 17 heteroatoms. The number of carbonyl (C=O) groups is 2. The van der Waals surface area contributed by atoms with Gasteiger partial charge in [0.15, 0.2) is 16.0 Å². The summed E-state index contributed by atoms with van der Waals surface area (Å²) in [4.78, 5) is 28.4. The highest BCUT2D eigenvalue weighted by Crippen LogP contribution is 2.52. The van der Waals surface area contributed by atoms with Gasteiger partial charge in [0.05, 0.1) is 25.5 Å². The molecule has 1 saturated heterocycles. The third kappa shape index (κ3) is 7.83. The smallest absolute Gasteiger partial charge is 0.387 e. The maximum Gasteiger partial charge on any atom is 0.474 e. The molecule has 3 rings (SSSR count). The Morgan fingerprint density at radius 1 is 1.11 bits per heavy atom. The van der Waals surface area contributed by atoms with Gasteiger partial charge in [-0.2, -0.15) is 10.4 Å². The summed E-state index contributed by atoms with van der Waals surface area (Å²) in [7, 11) is -4.34. The van der Waals surface area contributed by atoms with Crippen molar-refractivity contribution in [2.75, 3.05) is 37.1 Å². The van der Waals surface area contributed by atoms with Crippen molar-refractivity contribution in [3.05, 3.63) is 24.2 Å². The van der Waals surface area contributed by atoms with Crippen LogP contribution in [0.4, 0.5) is 5.82 Å². The van der Waals surface area contributed by atoms with Crippen LogP contribution in [0.2, 0.25) is 0 Å². The minimum absolute atomic E-state index is 0.0763. The van der Waals surface area contributed by atoms with Crippen molar-refractivity contribution < 1.29 is 42.7 Å². The van der Waals surface area contributed by atoms with Crippen molar-refractivity contribution in [1.29, 1.82) is 5.26 Å². The maximum atomic E-state index is 13.6. The third-order valence-electron chi connectivity index (χ3n) is 6.72. The molecule has 0 bridgehead atoms. The molecule has 2 aromatic rings. The van der Waals surface area contributed by atoms with E-state index in [9.17, 15) is 29.6 Å². The molecule has 0 amide bonds. The third-order valence-corrected chi connectivity index (χ3v) is 10.7. The van der Waals surface area contributed by atoms with Crippen molar-refractivity contribution >= 4 is 52.9 Å². The number of aliphatic hydroxyl groups is 2. The number of fused-ring (bicyclic) bond motifs is 1. The quantitative estimate of drug-likeness (QED) is 0.218. The van der Waals surface area contributed by atoms with Crippen molar-refractivity contribution in [2.45, 2.75) is 71.9 Å². The van der Waals surface area contributed by atoms with E-state index in [1.807, 2.05) is 6.07 Å². The van der Waals surface area contributed by atoms with Crippen LogP contribution in [0.1, 0.15) is 54.2 Å². The minimum atomic E-state index is -4.34. The Balaban J connectivity index is 1.77. The Kier molecular flexibility index (Phi) is 11.4. The molecule has 0 aromatic carbocycles. The highest BCUT2D eigenvalue weighted by atomic mass is 32.2. The van der Waals surface area contributed by atoms with E-state index in [1.54, 1.807) is 47.6 Å². The topological polar surface area (TPSA) is 209 Å². The number of aromatic nitrogens is 3. The number of ether oxygens (including phenoxy) is 1. The van der Waals surface area contributed by atoms with E-state index < -0.39 is 48.7 Å². The number of rotatable bonds is 12. The summed E-state index contributed by atoms with van der Waals surface area (Å²) < 4.78 is 37.4. The largest absolute Gasteiger partial charge is 0.474 e. The second-order valence-corrected chi connectivity index (χ2v) is 16.2. The first kappa shape index (κ1) is 36.4. The van der Waals surface area contributed by atoms with Crippen molar-refractivity contribution in [3.63, 3.8) is 0 Å². The molecule has 244 valence electrons. The van der Waals surface area contributed by atoms with Crippen LogP contribution >= 0.6 is 31.3 Å². The number of carbonyl (C=O) groups excluding carboxylic acids is 2. The van der Waals surface area contributed by atoms with Gasteiger partial charge in [0.2, 0.25) is 5.60 Å². The summed E-state index contributed by atoms with van der Waals surface area (Å²) in [6.45, 7) is 10.9. The number of nitriles is 1. The first-order valence-corrected chi connectivity index (χ1v) is 17.2. The Bertz CT molecular complexity index is 1410. The van der Waals surface area contributed by atoms with Crippen LogP contribution in [0, 0.1) is 22.2 Å². The lowest BCUT2D eigenvalue weighted by molar-refractivity contribution is -0.118. The number of phosphoric ester groups is 1. The zero-order valence-corrected chi connectivity index (χ0v) is 28.3. The van der Waals surface area contributed by atoms with Gasteiger partial charge in [0.25, 0.3) is 0 Å². The van der Waals surface area contributed by atoms with Gasteiger partial charge in [-0.05, 0) is 19.1 Å². The SMILES string of the molecule is CC(C)(C)C(=O)SCCOP(=O)(OCCSC(=O)C(C)(C)C)OC[C@H]1O[C@@](C#N)(c2ccc3c(N)ncnn23)[C@](C)(O)[C@@H]1O. The van der Waals surface area contributed by atoms with Crippen LogP contribution in [0.25, 0.3) is 5.52 Å². The molecule has 0 aliphatic carbocycles. The molecular formula is C27H40N5O9PS2. The van der Waals surface area contributed by atoms with E-state index >= 15 is 0 Å². The number of anilines is 1. The molecule has 2 aromatic heterocycles. The standard InChI is InChI=1S/C27H40N5O9PS2/c1-24(2,3)22(34)43-12-10-38-42(37,39-11-13-44-23(35)25(4,5)6)40-14-18-20(33)26(7,36)27(15-28,41-18)19-9-8-17-21(29)30-16-31-32(17)19/h8-9,16,18,20,33,36H,10-14H2,1-7H3,(H2,29,30,31)/t18-,20-,26-,27+/m1/s1. The van der Waals surface area contributed by atoms with E-state index in [0.29, 0.717) is 5.52 Å². The lowest BCUT2D eigenvalue weighted by Crippen LogP contribution is -2.52. The summed E-state index contributed by atoms with van der Waals surface area (Å²) in [5, 5.41) is 36.7. The number of nitrogens with two attached hydrogens (primary N) is 1. The zero-order valence-electron chi connectivity index (χ0n) is 25.8. The van der Waals surface area contributed by atoms with Gasteiger partial charge in [-0.25, -0.2) is 14.1 Å². The van der Waals surface area contributed by atoms with Gasteiger partial charge in [-0.1, -0.05) is 65.1 Å². The van der Waals surface area contributed by atoms with Crippen LogP contribution in [0.3, 0.4) is 0 Å². The lowest BCUT2D eigenvalue weighted by Gasteiger charge is -2.33. The molecule has 3 heterocycles. The molecule has 44 heavy (non-hydrogen) atoms. The van der Waals surface area contributed by atoms with E-state index in [4.69, 9.17) is 24.0 Å². The van der Waals surface area contributed by atoms with Crippen LogP contribution in [-0.2, 0) is 38.1 Å². The molecule has 1 aliphatic heterocycles. The predicted octanol–water partition coefficient (Wildman–Crippen LogP) is 3.31. The molecule has 1 fully saturated rings. The van der Waals surface area contributed by atoms with Gasteiger partial charge in [-0.3, -0.25) is 23.2 Å². The number of thioether (sulfide) groups is 2. The fourth-order valence-electron chi connectivity index (χ4n) is 4.12. The summed E-state index contributed by atoms with van der Waals surface area (Å²) in [6, 6.07) is 4.97. The summed E-state index contributed by atoms with van der Waals surface area (Å²) >= 11 is 2.01. The minimum Gasteiger partial charge on any atom is -0.387 e. The van der Waals surface area contributed by atoms with Crippen LogP contribution < -0.4 is 5.73 Å². The average Bonchev–Trinajstić information content (AvgIpc) is 3.45. The van der Waals surface area contributed by atoms with Crippen molar-refractivity contribution in [3.8, 4) is 6.07 Å². The number of nitrogens with zero attached hydrogens (tertiary/aromatic N) is 4. The number of aliphatic hydroxyl groups excluding tert-OH is 1. The number of hydrogen-bond donors (Lipinski definition) is 3. The first-order valence-electron chi connectivity index (χ1n) is 13.8. The summed E-state index contributed by atoms with van der Waals surface area (Å²) in [5.74, 6) is 0.438. The van der Waals surface area contributed by atoms with Crippen LogP contribution in [0.5, 0.6) is 0 Å². The number of nitrogen functional groups attached to an aromatic ring is 1. The van der Waals surface area contributed by atoms with Gasteiger partial charge >= 0.3 is 7.82 Å². The molecular weight excluding hydrogens is 633 g/mol. The zero-order chi connectivity index (χ0) is 33.1. The Morgan fingerprint density at radius 2 is 1.66 bits per heavy atom. The average molecular weight is 674 g/mol. The van der Waals surface area contributed by atoms with Gasteiger partial charge < -0.3 is 20.7 Å². The second kappa shape index (κ2) is 13.7. The van der Waals surface area contributed by atoms with Gasteiger partial charge in [0, 0.05) is 22.3 Å². The maximum absolute atomic E-state index is 13.6. The highest BCUT2D eigenvalue weighted by Gasteiger charge is 2.65. The van der Waals surface area contributed by atoms with E-state index in [1.165, 1.54) is 23.8 Å². The van der Waals surface area contributed by atoms with E-state index in [0.717, 1.165) is 23.5 Å². The molecule has 1 aliphatic rings. The normalized spacial score (nSPS) is 24.5. The lowest BCUT2D eigenvalue weighted by atomic mass is 9.80. The van der Waals surface area contributed by atoms with E-state index in [-0.39, 0.29) is 46.5 Å². The fourth-order valence-corrected chi connectivity index (χ4v) is 7.12. The van der Waals surface area contributed by atoms with Crippen molar-refractivity contribution in [2.24, 2.45) is 10.8 Å². The Morgan fingerprint density at radius 3 is 2.16 bits per heavy atom. The molecule has 4 N–H and O–H groups in total. The second-order valence-electron chi connectivity index (χ2n) is 12.4. The van der Waals surface area contributed by atoms with Gasteiger partial charge in [0.1, 0.15) is 35.7 Å². The molecule has 14 nitrogen and oxygen atoms in total. The Hall–Kier alpha value is -2.06. The number of phosphoric acid groups is 1. The van der Waals surface area contributed by atoms with E-state index in [2.05, 4.69) is 10.1 Å². The molecule has 0 spiro atoms. The fraction of sp³-hybridized carbons (Fsp3) is 0.667. The van der Waals surface area contributed by atoms with Crippen LogP contribution in [0.15, 0.2) is 18.5 Å². The van der Waals surface area contributed by atoms with Crippen LogP contribution in [-0.4, -0.2) is 84.2 Å². The number of hydrogen-bond acceptors (Lipinski definition) is 15.